The lowest BCUT2D eigenvalue weighted by molar-refractivity contribution is -0.274. The van der Waals surface area contributed by atoms with E-state index < -0.39 is 22.5 Å². The van der Waals surface area contributed by atoms with Crippen molar-refractivity contribution in [3.63, 3.8) is 0 Å². The number of halogens is 3. The van der Waals surface area contributed by atoms with Crippen molar-refractivity contribution in [2.45, 2.75) is 44.8 Å². The highest BCUT2D eigenvalue weighted by atomic mass is 32.2. The number of anilines is 1. The van der Waals surface area contributed by atoms with Crippen molar-refractivity contribution in [2.75, 3.05) is 17.5 Å². The van der Waals surface area contributed by atoms with Gasteiger partial charge in [0, 0.05) is 19.1 Å². The molecule has 0 heterocycles. The van der Waals surface area contributed by atoms with Crippen molar-refractivity contribution < 1.29 is 41.3 Å². The van der Waals surface area contributed by atoms with Crippen LogP contribution in [-0.4, -0.2) is 49.7 Å². The number of aromatic hydroxyl groups is 1. The summed E-state index contributed by atoms with van der Waals surface area (Å²) in [5.74, 6) is -0.834. The molecular formula is C28H32F3N3O6S. The van der Waals surface area contributed by atoms with Crippen LogP contribution in [0.3, 0.4) is 0 Å². The molecule has 41 heavy (non-hydrogen) atoms. The molecule has 9 nitrogen and oxygen atoms in total. The van der Waals surface area contributed by atoms with Crippen LogP contribution in [0.5, 0.6) is 11.5 Å². The number of hydrogen-bond acceptors (Lipinski definition) is 7. The van der Waals surface area contributed by atoms with E-state index in [9.17, 15) is 36.6 Å². The first kappa shape index (κ1) is 31.7. The third kappa shape index (κ3) is 11.3. The largest absolute Gasteiger partial charge is 0.573 e. The number of phenolic OH excluding ortho intramolecular Hbond substituents is 1. The molecule has 0 aliphatic rings. The second-order valence-electron chi connectivity index (χ2n) is 9.65. The molecule has 0 fully saturated rings. The summed E-state index contributed by atoms with van der Waals surface area (Å²) in [7, 11) is -3.60. The third-order valence-electron chi connectivity index (χ3n) is 5.90. The predicted molar refractivity (Wildman–Crippen MR) is 148 cm³/mol. The first-order valence-corrected chi connectivity index (χ1v) is 14.5. The maximum atomic E-state index is 12.4. The van der Waals surface area contributed by atoms with Gasteiger partial charge in [-0.2, -0.15) is 0 Å². The molecule has 0 spiro atoms. The number of rotatable bonds is 13. The van der Waals surface area contributed by atoms with Crippen LogP contribution in [0.15, 0.2) is 66.7 Å². The minimum Gasteiger partial charge on any atom is -0.506 e. The Kier molecular flexibility index (Phi) is 10.6. The van der Waals surface area contributed by atoms with E-state index in [1.165, 1.54) is 42.5 Å². The third-order valence-corrected chi connectivity index (χ3v) is 6.50. The number of amides is 1. The van der Waals surface area contributed by atoms with Crippen LogP contribution in [0.4, 0.5) is 18.9 Å². The van der Waals surface area contributed by atoms with E-state index in [1.54, 1.807) is 0 Å². The summed E-state index contributed by atoms with van der Waals surface area (Å²) >= 11 is 0. The molecule has 3 aromatic carbocycles. The number of carbonyl (C=O) groups is 1. The van der Waals surface area contributed by atoms with Crippen molar-refractivity contribution in [3.8, 4) is 11.5 Å². The molecule has 0 aliphatic carbocycles. The number of carbonyl (C=O) groups excluding carboxylic acids is 1. The van der Waals surface area contributed by atoms with E-state index in [2.05, 4.69) is 20.1 Å². The topological polar surface area (TPSA) is 137 Å². The molecule has 0 aromatic heterocycles. The van der Waals surface area contributed by atoms with E-state index in [0.717, 1.165) is 17.4 Å². The van der Waals surface area contributed by atoms with Gasteiger partial charge in [-0.15, -0.1) is 13.2 Å². The normalized spacial score (nSPS) is 13.3. The summed E-state index contributed by atoms with van der Waals surface area (Å²) in [6.45, 7) is 2.27. The zero-order chi connectivity index (χ0) is 30.2. The SMILES string of the molecule is C[C@H](Cc1cccc(CC(=O)NCc2ccc(OC(F)(F)F)cc2)c1)NC[C@@H](O)c1ccc(O)c(NS(C)(=O)=O)c1. The molecule has 3 aromatic rings. The Morgan fingerprint density at radius 3 is 2.34 bits per heavy atom. The number of sulfonamides is 1. The Labute approximate surface area is 236 Å². The summed E-state index contributed by atoms with van der Waals surface area (Å²) in [6, 6.07) is 16.9. The van der Waals surface area contributed by atoms with Gasteiger partial charge in [0.25, 0.3) is 0 Å². The zero-order valence-electron chi connectivity index (χ0n) is 22.4. The summed E-state index contributed by atoms with van der Waals surface area (Å²) in [5, 5.41) is 26.4. The fourth-order valence-electron chi connectivity index (χ4n) is 4.02. The lowest BCUT2D eigenvalue weighted by atomic mass is 10.0. The molecule has 13 heteroatoms. The van der Waals surface area contributed by atoms with Gasteiger partial charge in [-0.05, 0) is 59.9 Å². The fourth-order valence-corrected chi connectivity index (χ4v) is 4.59. The van der Waals surface area contributed by atoms with Crippen molar-refractivity contribution in [2.24, 2.45) is 0 Å². The van der Waals surface area contributed by atoms with Gasteiger partial charge in [0.15, 0.2) is 0 Å². The summed E-state index contributed by atoms with van der Waals surface area (Å²) in [4.78, 5) is 12.4. The van der Waals surface area contributed by atoms with Crippen LogP contribution in [0.2, 0.25) is 0 Å². The maximum absolute atomic E-state index is 12.4. The molecule has 2 atom stereocenters. The minimum absolute atomic E-state index is 0.0219. The predicted octanol–water partition coefficient (Wildman–Crippen LogP) is 3.78. The van der Waals surface area contributed by atoms with Crippen LogP contribution >= 0.6 is 0 Å². The van der Waals surface area contributed by atoms with Gasteiger partial charge < -0.3 is 25.6 Å². The van der Waals surface area contributed by atoms with E-state index in [4.69, 9.17) is 0 Å². The standard InChI is InChI=1S/C28H32F3N3O6S/c1-18(32-17-26(36)22-8-11-25(35)24(15-22)34-41(2,38)39)12-20-4-3-5-21(13-20)14-27(37)33-16-19-6-9-23(10-7-19)40-28(29,30)31/h3-11,13,15,18,26,32,34-36H,12,14,16-17H2,1-2H3,(H,33,37)/t18-,26-/m1/s1. The number of alkyl halides is 3. The highest BCUT2D eigenvalue weighted by Crippen LogP contribution is 2.28. The molecule has 0 radical (unpaired) electrons. The van der Waals surface area contributed by atoms with Gasteiger partial charge in [0.05, 0.1) is 24.5 Å². The van der Waals surface area contributed by atoms with Gasteiger partial charge in [-0.25, -0.2) is 8.42 Å². The number of hydrogen-bond donors (Lipinski definition) is 5. The van der Waals surface area contributed by atoms with E-state index >= 15 is 0 Å². The molecule has 222 valence electrons. The van der Waals surface area contributed by atoms with Gasteiger partial charge in [0.2, 0.25) is 15.9 Å². The van der Waals surface area contributed by atoms with Gasteiger partial charge in [0.1, 0.15) is 11.5 Å². The fraction of sp³-hybridized carbons (Fsp3) is 0.321. The zero-order valence-corrected chi connectivity index (χ0v) is 23.2. The number of aliphatic hydroxyl groups is 1. The Hall–Kier alpha value is -3.81. The molecule has 5 N–H and O–H groups in total. The number of ether oxygens (including phenoxy) is 1. The second-order valence-corrected chi connectivity index (χ2v) is 11.4. The summed E-state index contributed by atoms with van der Waals surface area (Å²) < 4.78 is 65.9. The molecule has 0 bridgehead atoms. The van der Waals surface area contributed by atoms with Crippen molar-refractivity contribution >= 4 is 21.6 Å². The highest BCUT2D eigenvalue weighted by Gasteiger charge is 2.30. The molecule has 0 aliphatic heterocycles. The van der Waals surface area contributed by atoms with Crippen LogP contribution in [-0.2, 0) is 34.2 Å². The summed E-state index contributed by atoms with van der Waals surface area (Å²) in [5.41, 5.74) is 2.78. The Bertz CT molecular complexity index is 1430. The van der Waals surface area contributed by atoms with Crippen molar-refractivity contribution in [1.29, 1.82) is 0 Å². The van der Waals surface area contributed by atoms with Crippen LogP contribution in [0.1, 0.15) is 35.3 Å². The Morgan fingerprint density at radius 2 is 1.68 bits per heavy atom. The van der Waals surface area contributed by atoms with E-state index in [-0.39, 0.29) is 48.6 Å². The van der Waals surface area contributed by atoms with Crippen LogP contribution in [0, 0.1) is 0 Å². The average molecular weight is 596 g/mol. The molecule has 1 amide bonds. The monoisotopic (exact) mass is 595 g/mol. The molecular weight excluding hydrogens is 563 g/mol. The number of nitrogens with one attached hydrogen (secondary N) is 3. The maximum Gasteiger partial charge on any atom is 0.573 e. The first-order chi connectivity index (χ1) is 19.2. The average Bonchev–Trinajstić information content (AvgIpc) is 2.86. The summed E-state index contributed by atoms with van der Waals surface area (Å²) in [6.07, 6.45) is -4.04. The second kappa shape index (κ2) is 13.7. The van der Waals surface area contributed by atoms with E-state index in [1.807, 2.05) is 31.2 Å². The molecule has 0 saturated carbocycles. The molecule has 3 rings (SSSR count). The lowest BCUT2D eigenvalue weighted by Gasteiger charge is -2.19. The lowest BCUT2D eigenvalue weighted by Crippen LogP contribution is -2.32. The molecule has 0 unspecified atom stereocenters. The number of aliphatic hydroxyl groups excluding tert-OH is 1. The van der Waals surface area contributed by atoms with Crippen molar-refractivity contribution in [1.82, 2.24) is 10.6 Å². The molecule has 0 saturated heterocycles. The number of phenols is 1. The minimum atomic E-state index is -4.77. The van der Waals surface area contributed by atoms with Gasteiger partial charge >= 0.3 is 6.36 Å². The Morgan fingerprint density at radius 1 is 1.00 bits per heavy atom. The highest BCUT2D eigenvalue weighted by molar-refractivity contribution is 7.92. The van der Waals surface area contributed by atoms with Crippen LogP contribution < -0.4 is 20.1 Å². The van der Waals surface area contributed by atoms with Gasteiger partial charge in [-0.3, -0.25) is 9.52 Å². The first-order valence-electron chi connectivity index (χ1n) is 12.6. The van der Waals surface area contributed by atoms with E-state index in [0.29, 0.717) is 17.5 Å². The smallest absolute Gasteiger partial charge is 0.506 e. The van der Waals surface area contributed by atoms with Gasteiger partial charge in [-0.1, -0.05) is 42.5 Å². The van der Waals surface area contributed by atoms with Crippen molar-refractivity contribution in [3.05, 3.63) is 89.0 Å². The Balaban J connectivity index is 1.47. The van der Waals surface area contributed by atoms with Crippen LogP contribution in [0.25, 0.3) is 0 Å². The quantitative estimate of drug-likeness (QED) is 0.190. The number of benzene rings is 3.